The summed E-state index contributed by atoms with van der Waals surface area (Å²) in [6.45, 7) is 0. The van der Waals surface area contributed by atoms with Crippen LogP contribution in [0.1, 0.15) is 23.5 Å². The topological polar surface area (TPSA) is 42.3 Å². The van der Waals surface area contributed by atoms with E-state index >= 15 is 0 Å². The molecular weight excluding hydrogens is 488 g/mol. The highest BCUT2D eigenvalue weighted by atomic mass is 35.5. The van der Waals surface area contributed by atoms with Gasteiger partial charge >= 0.3 is 0 Å². The molecule has 5 nitrogen and oxygen atoms in total. The van der Waals surface area contributed by atoms with Gasteiger partial charge in [0.2, 0.25) is 0 Å². The number of ether oxygens (including phenoxy) is 1. The zero-order chi connectivity index (χ0) is 24.6. The van der Waals surface area contributed by atoms with E-state index in [0.29, 0.717) is 15.9 Å². The number of pyridine rings is 1. The van der Waals surface area contributed by atoms with Crippen LogP contribution in [0.4, 0.5) is 5.69 Å². The van der Waals surface area contributed by atoms with Gasteiger partial charge in [-0.15, -0.1) is 0 Å². The molecule has 36 heavy (non-hydrogen) atoms. The summed E-state index contributed by atoms with van der Waals surface area (Å²) < 4.78 is 7.60. The van der Waals surface area contributed by atoms with Gasteiger partial charge in [-0.1, -0.05) is 48.0 Å². The van der Waals surface area contributed by atoms with E-state index in [1.54, 1.807) is 7.11 Å². The van der Waals surface area contributed by atoms with E-state index in [1.807, 2.05) is 42.6 Å². The SMILES string of the molecule is COc1ccc(N2C(=S)N[C@H](c3ccccn3)[C@@H]2c2cccn2-c2ccc3ccccc3c2)cc1Cl. The number of halogens is 1. The third kappa shape index (κ3) is 3.88. The fourth-order valence-corrected chi connectivity index (χ4v) is 5.53. The Hall–Kier alpha value is -3.87. The molecule has 1 fully saturated rings. The summed E-state index contributed by atoms with van der Waals surface area (Å²) in [5.41, 5.74) is 3.96. The first-order chi connectivity index (χ1) is 17.6. The molecule has 1 aliphatic rings. The van der Waals surface area contributed by atoms with Crippen molar-refractivity contribution in [2.45, 2.75) is 12.1 Å². The van der Waals surface area contributed by atoms with Gasteiger partial charge in [-0.3, -0.25) is 4.98 Å². The van der Waals surface area contributed by atoms with Crippen LogP contribution < -0.4 is 15.0 Å². The van der Waals surface area contributed by atoms with E-state index in [1.165, 1.54) is 10.8 Å². The Bertz CT molecular complexity index is 1570. The van der Waals surface area contributed by atoms with Crippen molar-refractivity contribution in [1.82, 2.24) is 14.9 Å². The molecule has 2 atom stereocenters. The fraction of sp³-hybridized carbons (Fsp3) is 0.103. The fourth-order valence-electron chi connectivity index (χ4n) is 4.94. The lowest BCUT2D eigenvalue weighted by molar-refractivity contribution is 0.415. The number of nitrogens with zero attached hydrogens (tertiary/aromatic N) is 3. The molecular formula is C29H23ClN4OS. The molecule has 2 aromatic heterocycles. The quantitative estimate of drug-likeness (QED) is 0.261. The largest absolute Gasteiger partial charge is 0.495 e. The Morgan fingerprint density at radius 1 is 0.889 bits per heavy atom. The van der Waals surface area contributed by atoms with Gasteiger partial charge in [-0.05, 0) is 77.6 Å². The van der Waals surface area contributed by atoms with Crippen LogP contribution in [0.5, 0.6) is 5.75 Å². The van der Waals surface area contributed by atoms with E-state index in [4.69, 9.17) is 28.6 Å². The van der Waals surface area contributed by atoms with Crippen molar-refractivity contribution in [3.05, 3.63) is 120 Å². The van der Waals surface area contributed by atoms with Gasteiger partial charge in [0, 0.05) is 29.5 Å². The minimum atomic E-state index is -0.168. The molecule has 0 radical (unpaired) electrons. The maximum Gasteiger partial charge on any atom is 0.174 e. The number of methoxy groups -OCH3 is 1. The molecule has 6 rings (SSSR count). The molecule has 5 aromatic rings. The highest BCUT2D eigenvalue weighted by Crippen LogP contribution is 2.43. The summed E-state index contributed by atoms with van der Waals surface area (Å²) in [5.74, 6) is 0.621. The molecule has 178 valence electrons. The van der Waals surface area contributed by atoms with E-state index in [0.717, 1.165) is 22.8 Å². The average molecular weight is 511 g/mol. The van der Waals surface area contributed by atoms with Crippen LogP contribution in [0.25, 0.3) is 16.5 Å². The maximum atomic E-state index is 6.53. The van der Waals surface area contributed by atoms with E-state index in [9.17, 15) is 0 Å². The molecule has 0 amide bonds. The zero-order valence-corrected chi connectivity index (χ0v) is 21.1. The Morgan fingerprint density at radius 3 is 2.47 bits per heavy atom. The van der Waals surface area contributed by atoms with Gasteiger partial charge in [-0.25, -0.2) is 0 Å². The first-order valence-electron chi connectivity index (χ1n) is 11.6. The highest BCUT2D eigenvalue weighted by molar-refractivity contribution is 7.80. The molecule has 0 aliphatic carbocycles. The summed E-state index contributed by atoms with van der Waals surface area (Å²) in [7, 11) is 1.61. The number of nitrogens with one attached hydrogen (secondary N) is 1. The van der Waals surface area contributed by atoms with Crippen molar-refractivity contribution in [3.63, 3.8) is 0 Å². The zero-order valence-electron chi connectivity index (χ0n) is 19.5. The number of thiocarbonyl (C=S) groups is 1. The first kappa shape index (κ1) is 22.6. The Kier molecular flexibility index (Phi) is 5.83. The molecule has 0 unspecified atom stereocenters. The smallest absolute Gasteiger partial charge is 0.174 e. The molecule has 0 bridgehead atoms. The van der Waals surface area contributed by atoms with Gasteiger partial charge in [-0.2, -0.15) is 0 Å². The second-order valence-electron chi connectivity index (χ2n) is 8.65. The van der Waals surface area contributed by atoms with E-state index in [2.05, 4.69) is 80.6 Å². The van der Waals surface area contributed by atoms with Gasteiger partial charge in [0.15, 0.2) is 5.11 Å². The second-order valence-corrected chi connectivity index (χ2v) is 9.44. The monoisotopic (exact) mass is 510 g/mol. The minimum absolute atomic E-state index is 0.159. The van der Waals surface area contributed by atoms with Crippen LogP contribution in [0.2, 0.25) is 5.02 Å². The number of benzene rings is 3. The summed E-state index contributed by atoms with van der Waals surface area (Å²) in [5, 5.41) is 7.06. The predicted molar refractivity (Wildman–Crippen MR) is 149 cm³/mol. The van der Waals surface area contributed by atoms with Gasteiger partial charge in [0.25, 0.3) is 0 Å². The molecule has 0 spiro atoms. The van der Waals surface area contributed by atoms with Crippen molar-refractivity contribution in [2.24, 2.45) is 0 Å². The molecule has 1 aliphatic heterocycles. The van der Waals surface area contributed by atoms with Gasteiger partial charge < -0.3 is 19.5 Å². The van der Waals surface area contributed by atoms with Crippen LogP contribution in [0, 0.1) is 0 Å². The third-order valence-electron chi connectivity index (χ3n) is 6.61. The van der Waals surface area contributed by atoms with Crippen LogP contribution >= 0.6 is 23.8 Å². The average Bonchev–Trinajstić information content (AvgIpc) is 3.53. The summed E-state index contributed by atoms with van der Waals surface area (Å²) in [4.78, 5) is 6.79. The third-order valence-corrected chi connectivity index (χ3v) is 7.22. The summed E-state index contributed by atoms with van der Waals surface area (Å²) in [6, 6.07) is 30.5. The van der Waals surface area contributed by atoms with Crippen LogP contribution in [0.15, 0.2) is 103 Å². The van der Waals surface area contributed by atoms with Crippen molar-refractivity contribution in [3.8, 4) is 11.4 Å². The number of hydrogen-bond donors (Lipinski definition) is 1. The minimum Gasteiger partial charge on any atom is -0.495 e. The van der Waals surface area contributed by atoms with E-state index in [-0.39, 0.29) is 12.1 Å². The van der Waals surface area contributed by atoms with Crippen molar-refractivity contribution >= 4 is 45.4 Å². The molecule has 1 N–H and O–H groups in total. The highest BCUT2D eigenvalue weighted by Gasteiger charge is 2.42. The predicted octanol–water partition coefficient (Wildman–Crippen LogP) is 6.86. The number of rotatable bonds is 5. The van der Waals surface area contributed by atoms with Crippen molar-refractivity contribution in [2.75, 3.05) is 12.0 Å². The number of hydrogen-bond acceptors (Lipinski definition) is 3. The van der Waals surface area contributed by atoms with Gasteiger partial charge in [0.05, 0.1) is 23.9 Å². The second kappa shape index (κ2) is 9.30. The Morgan fingerprint density at radius 2 is 1.69 bits per heavy atom. The number of aromatic nitrogens is 2. The maximum absolute atomic E-state index is 6.53. The number of anilines is 1. The summed E-state index contributed by atoms with van der Waals surface area (Å²) in [6.07, 6.45) is 3.90. The van der Waals surface area contributed by atoms with Crippen LogP contribution in [-0.4, -0.2) is 21.8 Å². The molecule has 7 heteroatoms. The Balaban J connectivity index is 1.51. The lowest BCUT2D eigenvalue weighted by atomic mass is 10.0. The normalized spacial score (nSPS) is 17.4. The Labute approximate surface area is 219 Å². The van der Waals surface area contributed by atoms with Gasteiger partial charge in [0.1, 0.15) is 11.8 Å². The first-order valence-corrected chi connectivity index (χ1v) is 12.4. The lowest BCUT2D eigenvalue weighted by Gasteiger charge is -2.29. The van der Waals surface area contributed by atoms with Crippen molar-refractivity contribution < 1.29 is 4.74 Å². The molecule has 3 heterocycles. The van der Waals surface area contributed by atoms with Crippen LogP contribution in [-0.2, 0) is 0 Å². The summed E-state index contributed by atoms with van der Waals surface area (Å²) >= 11 is 12.4. The van der Waals surface area contributed by atoms with Crippen molar-refractivity contribution in [1.29, 1.82) is 0 Å². The molecule has 1 saturated heterocycles. The molecule has 3 aromatic carbocycles. The number of fused-ring (bicyclic) bond motifs is 1. The van der Waals surface area contributed by atoms with E-state index < -0.39 is 0 Å². The standard InChI is InChI=1S/C29H23ClN4OS/c1-35-26-14-13-22(18-23(26)30)34-28(27(32-29(34)36)24-9-4-5-15-31-24)25-10-6-16-33(25)21-12-11-19-7-2-3-8-20(19)17-21/h2-18,27-28H,1H3,(H,32,36)/t27-,28+/m1/s1. The van der Waals surface area contributed by atoms with Crippen LogP contribution in [0.3, 0.4) is 0 Å². The molecule has 0 saturated carbocycles. The lowest BCUT2D eigenvalue weighted by Crippen LogP contribution is -2.30.